The number of hydrogen-bond acceptors (Lipinski definition) is 3. The Balaban J connectivity index is 2.04. The van der Waals surface area contributed by atoms with Crippen LogP contribution in [0.25, 0.3) is 10.8 Å². The lowest BCUT2D eigenvalue weighted by atomic mass is 9.94. The maximum atomic E-state index is 10.1. The van der Waals surface area contributed by atoms with E-state index in [4.69, 9.17) is 0 Å². The number of phenolic OH excluding ortho intramolecular Hbond substituents is 1. The minimum Gasteiger partial charge on any atom is -0.507 e. The maximum Gasteiger partial charge on any atom is 0.123 e. The number of phenols is 1. The van der Waals surface area contributed by atoms with Crippen LogP contribution in [0.15, 0.2) is 36.4 Å². The third kappa shape index (κ3) is 2.89. The molecule has 1 fully saturated rings. The number of nitrogens with one attached hydrogen (secondary N) is 1. The summed E-state index contributed by atoms with van der Waals surface area (Å²) < 4.78 is 0. The smallest absolute Gasteiger partial charge is 0.123 e. The van der Waals surface area contributed by atoms with Crippen LogP contribution in [-0.4, -0.2) is 36.2 Å². The van der Waals surface area contributed by atoms with E-state index in [1.807, 2.05) is 18.2 Å². The van der Waals surface area contributed by atoms with Gasteiger partial charge >= 0.3 is 0 Å². The van der Waals surface area contributed by atoms with Crippen LogP contribution in [0, 0.1) is 0 Å². The van der Waals surface area contributed by atoms with Gasteiger partial charge in [0.2, 0.25) is 0 Å². The molecule has 3 heteroatoms. The van der Waals surface area contributed by atoms with Gasteiger partial charge in [-0.1, -0.05) is 43.7 Å². The highest BCUT2D eigenvalue weighted by molar-refractivity contribution is 5.91. The molecule has 0 spiro atoms. The molecule has 1 aliphatic heterocycles. The van der Waals surface area contributed by atoms with Gasteiger partial charge < -0.3 is 10.4 Å². The summed E-state index contributed by atoms with van der Waals surface area (Å²) in [5, 5.41) is 15.7. The first-order chi connectivity index (χ1) is 10.3. The largest absolute Gasteiger partial charge is 0.507 e. The summed E-state index contributed by atoms with van der Waals surface area (Å²) in [6.45, 7) is 6.57. The fourth-order valence-corrected chi connectivity index (χ4v) is 3.40. The van der Waals surface area contributed by atoms with Crippen LogP contribution < -0.4 is 5.32 Å². The van der Waals surface area contributed by atoms with Gasteiger partial charge in [0.25, 0.3) is 0 Å². The molecule has 1 saturated heterocycles. The summed E-state index contributed by atoms with van der Waals surface area (Å²) in [7, 11) is 0. The van der Waals surface area contributed by atoms with Crippen molar-refractivity contribution in [2.24, 2.45) is 0 Å². The summed E-state index contributed by atoms with van der Waals surface area (Å²) in [6, 6.07) is 12.6. The summed E-state index contributed by atoms with van der Waals surface area (Å²) in [5.41, 5.74) is 1.35. The Bertz CT molecular complexity index is 605. The van der Waals surface area contributed by atoms with Gasteiger partial charge in [0.05, 0.1) is 0 Å². The zero-order valence-corrected chi connectivity index (χ0v) is 12.7. The molecule has 3 nitrogen and oxygen atoms in total. The molecule has 21 heavy (non-hydrogen) atoms. The average molecular weight is 284 g/mol. The fourth-order valence-electron chi connectivity index (χ4n) is 3.40. The standard InChI is InChI=1S/C18H24N2O/c1-2-5-17(20-12-10-19-11-13-20)15-8-9-18(21)16-7-4-3-6-14(15)16/h3-4,6-9,17,19,21H,2,5,10-13H2,1H3/t17-/m0/s1. The summed E-state index contributed by atoms with van der Waals surface area (Å²) in [4.78, 5) is 2.58. The van der Waals surface area contributed by atoms with Gasteiger partial charge in [-0.05, 0) is 23.4 Å². The predicted molar refractivity (Wildman–Crippen MR) is 87.7 cm³/mol. The number of piperazine rings is 1. The second-order valence-corrected chi connectivity index (χ2v) is 5.81. The number of aromatic hydroxyl groups is 1. The summed E-state index contributed by atoms with van der Waals surface area (Å²) in [5.74, 6) is 0.380. The van der Waals surface area contributed by atoms with Crippen LogP contribution in [0.2, 0.25) is 0 Å². The fraction of sp³-hybridized carbons (Fsp3) is 0.444. The maximum absolute atomic E-state index is 10.1. The SMILES string of the molecule is CCC[C@@H](c1ccc(O)c2ccccc12)N1CCNCC1. The Morgan fingerprint density at radius 1 is 1.10 bits per heavy atom. The summed E-state index contributed by atoms with van der Waals surface area (Å²) in [6.07, 6.45) is 2.33. The van der Waals surface area contributed by atoms with E-state index in [1.165, 1.54) is 17.4 Å². The van der Waals surface area contributed by atoms with Crippen molar-refractivity contribution in [1.29, 1.82) is 0 Å². The molecule has 0 saturated carbocycles. The zero-order valence-electron chi connectivity index (χ0n) is 12.7. The molecule has 0 aromatic heterocycles. The van der Waals surface area contributed by atoms with E-state index in [2.05, 4.69) is 35.3 Å². The second-order valence-electron chi connectivity index (χ2n) is 5.81. The van der Waals surface area contributed by atoms with Crippen LogP contribution in [0.5, 0.6) is 5.75 Å². The van der Waals surface area contributed by atoms with E-state index < -0.39 is 0 Å². The van der Waals surface area contributed by atoms with E-state index >= 15 is 0 Å². The van der Waals surface area contributed by atoms with Gasteiger partial charge in [-0.25, -0.2) is 0 Å². The van der Waals surface area contributed by atoms with Gasteiger partial charge in [-0.15, -0.1) is 0 Å². The van der Waals surface area contributed by atoms with Crippen LogP contribution in [0.4, 0.5) is 0 Å². The number of fused-ring (bicyclic) bond motifs is 1. The van der Waals surface area contributed by atoms with Gasteiger partial charge in [0, 0.05) is 37.6 Å². The van der Waals surface area contributed by atoms with E-state index in [9.17, 15) is 5.11 Å². The first-order valence-electron chi connectivity index (χ1n) is 7.96. The van der Waals surface area contributed by atoms with Crippen molar-refractivity contribution in [2.45, 2.75) is 25.8 Å². The molecule has 1 atom stereocenters. The monoisotopic (exact) mass is 284 g/mol. The number of rotatable bonds is 4. The van der Waals surface area contributed by atoms with E-state index in [1.54, 1.807) is 0 Å². The van der Waals surface area contributed by atoms with E-state index in [-0.39, 0.29) is 0 Å². The molecule has 2 aromatic rings. The molecule has 0 radical (unpaired) electrons. The first kappa shape index (κ1) is 14.4. The van der Waals surface area contributed by atoms with Crippen LogP contribution in [0.3, 0.4) is 0 Å². The Morgan fingerprint density at radius 3 is 2.52 bits per heavy atom. The first-order valence-corrected chi connectivity index (χ1v) is 7.96. The molecule has 2 aromatic carbocycles. The average Bonchev–Trinajstić information content (AvgIpc) is 2.55. The molecular formula is C18H24N2O. The van der Waals surface area contributed by atoms with Crippen LogP contribution >= 0.6 is 0 Å². The molecule has 3 rings (SSSR count). The van der Waals surface area contributed by atoms with E-state index in [0.29, 0.717) is 11.8 Å². The molecule has 0 amide bonds. The van der Waals surface area contributed by atoms with Gasteiger partial charge in [-0.2, -0.15) is 0 Å². The van der Waals surface area contributed by atoms with Crippen LogP contribution in [0.1, 0.15) is 31.4 Å². The van der Waals surface area contributed by atoms with Crippen molar-refractivity contribution >= 4 is 10.8 Å². The van der Waals surface area contributed by atoms with E-state index in [0.717, 1.165) is 38.0 Å². The second kappa shape index (κ2) is 6.46. The summed E-state index contributed by atoms with van der Waals surface area (Å²) >= 11 is 0. The number of hydrogen-bond donors (Lipinski definition) is 2. The van der Waals surface area contributed by atoms with Crippen molar-refractivity contribution in [3.63, 3.8) is 0 Å². The van der Waals surface area contributed by atoms with Crippen molar-refractivity contribution in [3.8, 4) is 5.75 Å². The van der Waals surface area contributed by atoms with Gasteiger partial charge in [0.15, 0.2) is 0 Å². The van der Waals surface area contributed by atoms with Crippen molar-refractivity contribution in [3.05, 3.63) is 42.0 Å². The number of nitrogens with zero attached hydrogens (tertiary/aromatic N) is 1. The molecule has 1 aliphatic rings. The highest BCUT2D eigenvalue weighted by Crippen LogP contribution is 2.35. The Kier molecular flexibility index (Phi) is 4.42. The van der Waals surface area contributed by atoms with Gasteiger partial charge in [-0.3, -0.25) is 4.90 Å². The quantitative estimate of drug-likeness (QED) is 0.904. The van der Waals surface area contributed by atoms with Crippen molar-refractivity contribution in [1.82, 2.24) is 10.2 Å². The molecule has 0 unspecified atom stereocenters. The Labute approximate surface area is 126 Å². The predicted octanol–water partition coefficient (Wildman–Crippen LogP) is 3.29. The molecule has 1 heterocycles. The minimum atomic E-state index is 0.380. The van der Waals surface area contributed by atoms with Crippen molar-refractivity contribution in [2.75, 3.05) is 26.2 Å². The minimum absolute atomic E-state index is 0.380. The van der Waals surface area contributed by atoms with Crippen LogP contribution in [-0.2, 0) is 0 Å². The highest BCUT2D eigenvalue weighted by atomic mass is 16.3. The molecule has 2 N–H and O–H groups in total. The molecule has 0 aliphatic carbocycles. The molecule has 0 bridgehead atoms. The Morgan fingerprint density at radius 2 is 1.81 bits per heavy atom. The molecular weight excluding hydrogens is 260 g/mol. The van der Waals surface area contributed by atoms with Crippen molar-refractivity contribution < 1.29 is 5.11 Å². The molecule has 112 valence electrons. The van der Waals surface area contributed by atoms with Gasteiger partial charge in [0.1, 0.15) is 5.75 Å². The topological polar surface area (TPSA) is 35.5 Å². The normalized spacial score (nSPS) is 18.0. The third-order valence-corrected chi connectivity index (χ3v) is 4.45. The zero-order chi connectivity index (χ0) is 14.7. The number of benzene rings is 2. The lowest BCUT2D eigenvalue weighted by Crippen LogP contribution is -2.45. The third-order valence-electron chi connectivity index (χ3n) is 4.45. The lowest BCUT2D eigenvalue weighted by molar-refractivity contribution is 0.165. The highest BCUT2D eigenvalue weighted by Gasteiger charge is 2.23. The Hall–Kier alpha value is -1.58. The lowest BCUT2D eigenvalue weighted by Gasteiger charge is -2.35.